The Hall–Kier alpha value is -3.47. The molecule has 5 rings (SSSR count). The molecular formula is C26H33FN6O4. The number of likely N-dealkylation sites (tertiary alicyclic amines) is 1. The number of ether oxygens (including phenoxy) is 2. The minimum absolute atomic E-state index is 0.0725. The molecule has 1 saturated carbocycles. The van der Waals surface area contributed by atoms with Crippen molar-refractivity contribution in [3.05, 3.63) is 35.4 Å². The second-order valence-electron chi connectivity index (χ2n) is 10.6. The lowest BCUT2D eigenvalue weighted by Crippen LogP contribution is -2.47. The number of amides is 1. The topological polar surface area (TPSA) is 114 Å². The molecule has 3 aromatic heterocycles. The van der Waals surface area contributed by atoms with Gasteiger partial charge < -0.3 is 24.8 Å². The summed E-state index contributed by atoms with van der Waals surface area (Å²) in [5.74, 6) is 0.552. The SMILES string of the molecule is COc1cc2nc(CO)c(-c3ccc(F)c(NC4CCCN(C(=O)OC(C)(C)C)C4)n3)n2nc1C1CC1. The number of rotatable bonds is 6. The van der Waals surface area contributed by atoms with Gasteiger partial charge in [0.15, 0.2) is 17.3 Å². The van der Waals surface area contributed by atoms with Crippen molar-refractivity contribution in [3.63, 3.8) is 0 Å². The molecule has 1 saturated heterocycles. The van der Waals surface area contributed by atoms with Gasteiger partial charge in [0, 0.05) is 31.1 Å². The lowest BCUT2D eigenvalue weighted by Gasteiger charge is -2.34. The number of aliphatic hydroxyl groups is 1. The summed E-state index contributed by atoms with van der Waals surface area (Å²) in [6.45, 7) is 6.13. The number of halogens is 1. The van der Waals surface area contributed by atoms with Crippen LogP contribution in [0.2, 0.25) is 0 Å². The first kappa shape index (κ1) is 25.2. The number of nitrogens with one attached hydrogen (secondary N) is 1. The molecule has 0 radical (unpaired) electrons. The maximum Gasteiger partial charge on any atom is 0.410 e. The first-order valence-electron chi connectivity index (χ1n) is 12.7. The Bertz CT molecular complexity index is 1320. The molecule has 1 unspecified atom stereocenters. The molecular weight excluding hydrogens is 479 g/mol. The molecule has 2 fully saturated rings. The number of fused-ring (bicyclic) bond motifs is 1. The van der Waals surface area contributed by atoms with Crippen LogP contribution in [0.25, 0.3) is 17.0 Å². The Labute approximate surface area is 214 Å². The molecule has 1 atom stereocenters. The number of hydrogen-bond acceptors (Lipinski definition) is 8. The Morgan fingerprint density at radius 2 is 2.03 bits per heavy atom. The number of carbonyl (C=O) groups is 1. The van der Waals surface area contributed by atoms with Crippen LogP contribution in [0.3, 0.4) is 0 Å². The van der Waals surface area contributed by atoms with Crippen molar-refractivity contribution in [2.45, 2.75) is 70.6 Å². The van der Waals surface area contributed by atoms with E-state index in [-0.39, 0.29) is 24.6 Å². The van der Waals surface area contributed by atoms with Crippen LogP contribution in [0.1, 0.15) is 63.8 Å². The van der Waals surface area contributed by atoms with Crippen LogP contribution in [0.15, 0.2) is 18.2 Å². The molecule has 0 aromatic carbocycles. The van der Waals surface area contributed by atoms with Gasteiger partial charge >= 0.3 is 6.09 Å². The molecule has 198 valence electrons. The fourth-order valence-electron chi connectivity index (χ4n) is 4.64. The highest BCUT2D eigenvalue weighted by atomic mass is 19.1. The van der Waals surface area contributed by atoms with Crippen molar-refractivity contribution < 1.29 is 23.8 Å². The Balaban J connectivity index is 1.44. The largest absolute Gasteiger partial charge is 0.495 e. The van der Waals surface area contributed by atoms with Gasteiger partial charge in [-0.2, -0.15) is 5.10 Å². The monoisotopic (exact) mass is 512 g/mol. The van der Waals surface area contributed by atoms with Crippen molar-refractivity contribution in [1.29, 1.82) is 0 Å². The van der Waals surface area contributed by atoms with Crippen LogP contribution in [0, 0.1) is 5.82 Å². The second kappa shape index (κ2) is 9.77. The third kappa shape index (κ3) is 5.31. The molecule has 10 nitrogen and oxygen atoms in total. The van der Waals surface area contributed by atoms with Gasteiger partial charge in [-0.1, -0.05) is 0 Å². The average Bonchev–Trinajstić information content (AvgIpc) is 3.64. The standard InChI is InChI=1S/C26H33FN6O4/c1-26(2,3)37-25(35)32-11-5-6-16(13-32)28-24-17(27)9-10-18(30-24)23-19(14-34)29-21-12-20(36-4)22(15-7-8-15)31-33(21)23/h9-10,12,15-16,34H,5-8,11,13-14H2,1-4H3,(H,28,30). The van der Waals surface area contributed by atoms with Crippen molar-refractivity contribution in [1.82, 2.24) is 24.5 Å². The smallest absolute Gasteiger partial charge is 0.410 e. The van der Waals surface area contributed by atoms with E-state index < -0.39 is 11.4 Å². The summed E-state index contributed by atoms with van der Waals surface area (Å²) in [5.41, 5.74) is 2.09. The lowest BCUT2D eigenvalue weighted by molar-refractivity contribution is 0.0206. The quantitative estimate of drug-likeness (QED) is 0.507. The number of imidazole rings is 1. The molecule has 3 aromatic rings. The van der Waals surface area contributed by atoms with Gasteiger partial charge in [-0.15, -0.1) is 0 Å². The molecule has 1 amide bonds. The zero-order chi connectivity index (χ0) is 26.3. The van der Waals surface area contributed by atoms with Crippen molar-refractivity contribution in [2.75, 3.05) is 25.5 Å². The van der Waals surface area contributed by atoms with Gasteiger partial charge in [0.25, 0.3) is 0 Å². The maximum absolute atomic E-state index is 14.9. The summed E-state index contributed by atoms with van der Waals surface area (Å²) in [7, 11) is 1.60. The van der Waals surface area contributed by atoms with Gasteiger partial charge in [-0.3, -0.25) is 0 Å². The zero-order valence-electron chi connectivity index (χ0n) is 21.6. The minimum atomic E-state index is -0.588. The normalized spacial score (nSPS) is 18.2. The van der Waals surface area contributed by atoms with E-state index in [9.17, 15) is 14.3 Å². The molecule has 11 heteroatoms. The van der Waals surface area contributed by atoms with Crippen LogP contribution < -0.4 is 10.1 Å². The van der Waals surface area contributed by atoms with E-state index in [1.54, 1.807) is 28.7 Å². The number of aromatic nitrogens is 4. The number of pyridine rings is 1. The van der Waals surface area contributed by atoms with Gasteiger partial charge in [0.1, 0.15) is 22.7 Å². The van der Waals surface area contributed by atoms with Crippen molar-refractivity contribution in [3.8, 4) is 17.1 Å². The van der Waals surface area contributed by atoms with E-state index >= 15 is 0 Å². The Morgan fingerprint density at radius 1 is 1.24 bits per heavy atom. The van der Waals surface area contributed by atoms with E-state index in [2.05, 4.69) is 15.3 Å². The van der Waals surface area contributed by atoms with Crippen LogP contribution in [-0.2, 0) is 11.3 Å². The molecule has 0 spiro atoms. The average molecular weight is 513 g/mol. The molecule has 2 aliphatic rings. The summed E-state index contributed by atoms with van der Waals surface area (Å²) < 4.78 is 27.6. The highest BCUT2D eigenvalue weighted by Crippen LogP contribution is 2.43. The zero-order valence-corrected chi connectivity index (χ0v) is 21.6. The lowest BCUT2D eigenvalue weighted by atomic mass is 10.1. The van der Waals surface area contributed by atoms with E-state index in [4.69, 9.17) is 14.6 Å². The summed E-state index contributed by atoms with van der Waals surface area (Å²) in [6.07, 6.45) is 3.21. The van der Waals surface area contributed by atoms with Gasteiger partial charge in [0.2, 0.25) is 0 Å². The number of nitrogens with zero attached hydrogens (tertiary/aromatic N) is 5. The second-order valence-corrected chi connectivity index (χ2v) is 10.6. The van der Waals surface area contributed by atoms with Gasteiger partial charge in [0.05, 0.1) is 25.1 Å². The van der Waals surface area contributed by atoms with E-state index in [0.717, 1.165) is 31.4 Å². The number of anilines is 1. The van der Waals surface area contributed by atoms with Crippen molar-refractivity contribution in [2.24, 2.45) is 0 Å². The highest BCUT2D eigenvalue weighted by Gasteiger charge is 2.31. The minimum Gasteiger partial charge on any atom is -0.495 e. The summed E-state index contributed by atoms with van der Waals surface area (Å²) in [5, 5.41) is 18.0. The third-order valence-electron chi connectivity index (χ3n) is 6.51. The first-order chi connectivity index (χ1) is 17.7. The predicted molar refractivity (Wildman–Crippen MR) is 135 cm³/mol. The number of hydrogen-bond donors (Lipinski definition) is 2. The molecule has 2 N–H and O–H groups in total. The predicted octanol–water partition coefficient (Wildman–Crippen LogP) is 4.12. The Morgan fingerprint density at radius 3 is 2.70 bits per heavy atom. The van der Waals surface area contributed by atoms with Gasteiger partial charge in [-0.05, 0) is 58.6 Å². The molecule has 0 bridgehead atoms. The van der Waals surface area contributed by atoms with Crippen LogP contribution in [-0.4, -0.2) is 67.5 Å². The number of carbonyl (C=O) groups excluding carboxylic acids is 1. The molecule has 4 heterocycles. The number of piperidine rings is 1. The summed E-state index contributed by atoms with van der Waals surface area (Å²) in [6, 6.07) is 4.51. The van der Waals surface area contributed by atoms with E-state index in [0.29, 0.717) is 47.5 Å². The van der Waals surface area contributed by atoms with E-state index in [1.165, 1.54) is 6.07 Å². The first-order valence-corrected chi connectivity index (χ1v) is 12.7. The molecule has 1 aliphatic carbocycles. The van der Waals surface area contributed by atoms with E-state index in [1.807, 2.05) is 20.8 Å². The fraction of sp³-hybridized carbons (Fsp3) is 0.538. The molecule has 37 heavy (non-hydrogen) atoms. The van der Waals surface area contributed by atoms with Crippen LogP contribution in [0.5, 0.6) is 5.75 Å². The summed E-state index contributed by atoms with van der Waals surface area (Å²) in [4.78, 5) is 23.3. The van der Waals surface area contributed by atoms with Gasteiger partial charge in [-0.25, -0.2) is 23.7 Å². The highest BCUT2D eigenvalue weighted by molar-refractivity contribution is 5.69. The fourth-order valence-corrected chi connectivity index (χ4v) is 4.64. The number of methoxy groups -OCH3 is 1. The van der Waals surface area contributed by atoms with Crippen LogP contribution in [0.4, 0.5) is 15.0 Å². The van der Waals surface area contributed by atoms with Crippen molar-refractivity contribution >= 4 is 17.6 Å². The van der Waals surface area contributed by atoms with Crippen LogP contribution >= 0.6 is 0 Å². The number of aliphatic hydroxyl groups excluding tert-OH is 1. The third-order valence-corrected chi connectivity index (χ3v) is 6.51. The Kier molecular flexibility index (Phi) is 6.65. The molecule has 1 aliphatic heterocycles. The summed E-state index contributed by atoms with van der Waals surface area (Å²) >= 11 is 0. The maximum atomic E-state index is 14.9.